The maximum absolute atomic E-state index is 13.6. The molecule has 1 heterocycles. The summed E-state index contributed by atoms with van der Waals surface area (Å²) in [7, 11) is 0. The smallest absolute Gasteiger partial charge is 0.161 e. The first-order valence-corrected chi connectivity index (χ1v) is 14.3. The Morgan fingerprint density at radius 3 is 2.42 bits per heavy atom. The lowest BCUT2D eigenvalue weighted by molar-refractivity contribution is -0.116. The van der Waals surface area contributed by atoms with Crippen molar-refractivity contribution < 1.29 is 4.79 Å². The number of hydrogen-bond acceptors (Lipinski definition) is 5. The highest BCUT2D eigenvalue weighted by Crippen LogP contribution is 2.47. The maximum Gasteiger partial charge on any atom is 0.161 e. The molecular weight excluding hydrogens is 486 g/mol. The number of nitrogens with zero attached hydrogens (tertiary/aromatic N) is 2. The number of nitrogens with two attached hydrogens (primary N) is 1. The normalized spacial score (nSPS) is 17.5. The van der Waals surface area contributed by atoms with Gasteiger partial charge >= 0.3 is 0 Å². The second kappa shape index (κ2) is 10.9. The summed E-state index contributed by atoms with van der Waals surface area (Å²) in [4.78, 5) is 15.5. The van der Waals surface area contributed by atoms with Crippen LogP contribution in [0.3, 0.4) is 0 Å². The standard InChI is InChI=1S/C33H33N3OS/c1-21-12-14-26(15-13-21)36-29-10-7-11-30(37)32(29)31(28(18-34)33(36)35)27-17-22(2)16-25(23(27)3)20-38-19-24-8-5-4-6-9-24/h4-6,8-9,12-17,31H,7,10-11,19-20,35H2,1-3H3. The molecular formula is C33H33N3OS. The van der Waals surface area contributed by atoms with Gasteiger partial charge in [-0.15, -0.1) is 0 Å². The predicted molar refractivity (Wildman–Crippen MR) is 156 cm³/mol. The summed E-state index contributed by atoms with van der Waals surface area (Å²) in [5.74, 6) is 1.90. The quantitative estimate of drug-likeness (QED) is 0.369. The van der Waals surface area contributed by atoms with Crippen LogP contribution in [0.2, 0.25) is 0 Å². The Morgan fingerprint density at radius 1 is 0.974 bits per heavy atom. The fourth-order valence-electron chi connectivity index (χ4n) is 5.65. The molecule has 0 aromatic heterocycles. The minimum atomic E-state index is -0.442. The number of carbonyl (C=O) groups is 1. The number of hydrogen-bond donors (Lipinski definition) is 1. The summed E-state index contributed by atoms with van der Waals surface area (Å²) in [6, 6.07) is 25.4. The van der Waals surface area contributed by atoms with Gasteiger partial charge in [0.2, 0.25) is 0 Å². The fourth-order valence-corrected chi connectivity index (χ4v) is 6.70. The van der Waals surface area contributed by atoms with Crippen molar-refractivity contribution in [2.45, 2.75) is 57.5 Å². The van der Waals surface area contributed by atoms with Crippen LogP contribution in [0, 0.1) is 32.1 Å². The molecule has 0 amide bonds. The molecule has 0 saturated carbocycles. The summed E-state index contributed by atoms with van der Waals surface area (Å²) in [5, 5.41) is 10.4. The van der Waals surface area contributed by atoms with Gasteiger partial charge in [-0.3, -0.25) is 9.69 Å². The van der Waals surface area contributed by atoms with Crippen molar-refractivity contribution in [1.29, 1.82) is 5.26 Å². The van der Waals surface area contributed by atoms with E-state index in [9.17, 15) is 10.1 Å². The summed E-state index contributed by atoms with van der Waals surface area (Å²) in [5.41, 5.74) is 16.8. The molecule has 1 aliphatic heterocycles. The molecule has 1 unspecified atom stereocenters. The second-order valence-electron chi connectivity index (χ2n) is 10.3. The van der Waals surface area contributed by atoms with Gasteiger partial charge in [0.1, 0.15) is 5.82 Å². The molecule has 0 spiro atoms. The fraction of sp³-hybridized carbons (Fsp3) is 0.273. The van der Waals surface area contributed by atoms with Crippen LogP contribution >= 0.6 is 11.8 Å². The Kier molecular flexibility index (Phi) is 7.44. The van der Waals surface area contributed by atoms with Crippen molar-refractivity contribution in [3.63, 3.8) is 0 Å². The summed E-state index contributed by atoms with van der Waals surface area (Å²) in [6.45, 7) is 6.26. The van der Waals surface area contributed by atoms with E-state index in [4.69, 9.17) is 5.73 Å². The molecule has 1 atom stereocenters. The molecule has 0 bridgehead atoms. The zero-order valence-electron chi connectivity index (χ0n) is 22.3. The molecule has 5 heteroatoms. The lowest BCUT2D eigenvalue weighted by Crippen LogP contribution is -2.39. The first-order valence-electron chi connectivity index (χ1n) is 13.1. The number of allylic oxidation sites excluding steroid dienone is 3. The van der Waals surface area contributed by atoms with E-state index in [1.54, 1.807) is 0 Å². The molecule has 3 aromatic rings. The largest absolute Gasteiger partial charge is 0.384 e. The van der Waals surface area contributed by atoms with Gasteiger partial charge in [-0.25, -0.2) is 0 Å². The third-order valence-electron chi connectivity index (χ3n) is 7.59. The third-order valence-corrected chi connectivity index (χ3v) is 8.64. The van der Waals surface area contributed by atoms with Gasteiger partial charge in [-0.05, 0) is 68.0 Å². The lowest BCUT2D eigenvalue weighted by Gasteiger charge is -2.40. The Hall–Kier alpha value is -3.75. The topological polar surface area (TPSA) is 70.1 Å². The molecule has 4 nitrogen and oxygen atoms in total. The molecule has 5 rings (SSSR count). The molecule has 38 heavy (non-hydrogen) atoms. The van der Waals surface area contributed by atoms with Gasteiger partial charge in [0, 0.05) is 34.9 Å². The van der Waals surface area contributed by atoms with Crippen LogP contribution in [0.4, 0.5) is 5.69 Å². The number of benzene rings is 3. The zero-order chi connectivity index (χ0) is 26.8. The van der Waals surface area contributed by atoms with E-state index < -0.39 is 5.92 Å². The van der Waals surface area contributed by atoms with E-state index in [-0.39, 0.29) is 5.78 Å². The highest BCUT2D eigenvalue weighted by Gasteiger charge is 2.41. The number of nitriles is 1. The third kappa shape index (κ3) is 4.89. The van der Waals surface area contributed by atoms with Crippen LogP contribution in [0.1, 0.15) is 58.6 Å². The molecule has 0 fully saturated rings. The van der Waals surface area contributed by atoms with Crippen LogP contribution in [0.25, 0.3) is 0 Å². The highest BCUT2D eigenvalue weighted by atomic mass is 32.2. The number of carbonyl (C=O) groups excluding carboxylic acids is 1. The second-order valence-corrected chi connectivity index (χ2v) is 11.3. The average Bonchev–Trinajstić information content (AvgIpc) is 2.91. The van der Waals surface area contributed by atoms with Gasteiger partial charge < -0.3 is 5.73 Å². The first kappa shape index (κ1) is 25.9. The van der Waals surface area contributed by atoms with Gasteiger partial charge in [0.05, 0.1) is 17.6 Å². The van der Waals surface area contributed by atoms with Crippen molar-refractivity contribution in [1.82, 2.24) is 0 Å². The molecule has 0 saturated heterocycles. The Balaban J connectivity index is 1.59. The van der Waals surface area contributed by atoms with E-state index in [0.29, 0.717) is 17.8 Å². The van der Waals surface area contributed by atoms with Crippen molar-refractivity contribution in [2.75, 3.05) is 4.90 Å². The van der Waals surface area contributed by atoms with Crippen LogP contribution in [-0.2, 0) is 16.3 Å². The first-order chi connectivity index (χ1) is 18.4. The number of rotatable bonds is 6. The Bertz CT molecular complexity index is 1480. The number of aryl methyl sites for hydroxylation is 2. The van der Waals surface area contributed by atoms with E-state index in [2.05, 4.69) is 56.3 Å². The minimum Gasteiger partial charge on any atom is -0.384 e. The van der Waals surface area contributed by atoms with Crippen LogP contribution in [0.15, 0.2) is 89.4 Å². The van der Waals surface area contributed by atoms with Crippen LogP contribution < -0.4 is 10.6 Å². The predicted octanol–water partition coefficient (Wildman–Crippen LogP) is 7.35. The van der Waals surface area contributed by atoms with Crippen LogP contribution in [0.5, 0.6) is 0 Å². The van der Waals surface area contributed by atoms with Crippen molar-refractivity contribution in [3.05, 3.63) is 123 Å². The Labute approximate surface area is 229 Å². The summed E-state index contributed by atoms with van der Waals surface area (Å²) < 4.78 is 0. The molecule has 0 radical (unpaired) electrons. The monoisotopic (exact) mass is 519 g/mol. The number of Topliss-reactive ketones (excluding diaryl/α,β-unsaturated/α-hetero) is 1. The number of ketones is 1. The van der Waals surface area contributed by atoms with Crippen molar-refractivity contribution >= 4 is 23.2 Å². The van der Waals surface area contributed by atoms with E-state index in [0.717, 1.165) is 63.6 Å². The van der Waals surface area contributed by atoms with E-state index in [1.807, 2.05) is 53.9 Å². The number of thioether (sulfide) groups is 1. The Morgan fingerprint density at radius 2 is 1.71 bits per heavy atom. The van der Waals surface area contributed by atoms with Gasteiger partial charge in [0.25, 0.3) is 0 Å². The van der Waals surface area contributed by atoms with Crippen LogP contribution in [-0.4, -0.2) is 5.78 Å². The zero-order valence-corrected chi connectivity index (χ0v) is 23.1. The van der Waals surface area contributed by atoms with Gasteiger partial charge in [0.15, 0.2) is 5.78 Å². The SMILES string of the molecule is Cc1ccc(N2C(N)=C(C#N)C(c3cc(C)cc(CSCc4ccccc4)c3C)C3=C2CCCC3=O)cc1. The summed E-state index contributed by atoms with van der Waals surface area (Å²) in [6.07, 6.45) is 2.05. The maximum atomic E-state index is 13.6. The lowest BCUT2D eigenvalue weighted by atomic mass is 9.73. The molecule has 2 aliphatic rings. The van der Waals surface area contributed by atoms with Crippen molar-refractivity contribution in [2.24, 2.45) is 5.73 Å². The molecule has 192 valence electrons. The van der Waals surface area contributed by atoms with Crippen molar-refractivity contribution in [3.8, 4) is 6.07 Å². The minimum absolute atomic E-state index is 0.120. The molecule has 3 aromatic carbocycles. The van der Waals surface area contributed by atoms with E-state index >= 15 is 0 Å². The number of anilines is 1. The van der Waals surface area contributed by atoms with E-state index in [1.165, 1.54) is 11.1 Å². The molecule has 2 N–H and O–H groups in total. The summed E-state index contributed by atoms with van der Waals surface area (Å²) >= 11 is 1.88. The van der Waals surface area contributed by atoms with Gasteiger partial charge in [-0.1, -0.05) is 65.7 Å². The highest BCUT2D eigenvalue weighted by molar-refractivity contribution is 7.97. The molecule has 1 aliphatic carbocycles. The average molecular weight is 520 g/mol. The van der Waals surface area contributed by atoms with Gasteiger partial charge in [-0.2, -0.15) is 17.0 Å².